The quantitative estimate of drug-likeness (QED) is 0.801. The van der Waals surface area contributed by atoms with E-state index >= 15 is 0 Å². The molecule has 3 rings (SSSR count). The smallest absolute Gasteiger partial charge is 0.0325 e. The molecular formula is C19H29N. The summed E-state index contributed by atoms with van der Waals surface area (Å²) in [5.41, 5.74) is 3.98. The molecule has 0 aromatic heterocycles. The molecule has 1 heteroatoms. The summed E-state index contributed by atoms with van der Waals surface area (Å²) < 4.78 is 0. The molecule has 1 nitrogen and oxygen atoms in total. The SMILES string of the molecule is CC1(C)CCC(NC2CCC(C)(C)c3ccccc32)C1. The van der Waals surface area contributed by atoms with Gasteiger partial charge in [-0.3, -0.25) is 0 Å². The fraction of sp³-hybridized carbons (Fsp3) is 0.684. The van der Waals surface area contributed by atoms with Crippen molar-refractivity contribution in [2.75, 3.05) is 0 Å². The van der Waals surface area contributed by atoms with Gasteiger partial charge < -0.3 is 5.32 Å². The van der Waals surface area contributed by atoms with Crippen molar-refractivity contribution in [2.45, 2.75) is 77.3 Å². The van der Waals surface area contributed by atoms with Crippen molar-refractivity contribution < 1.29 is 0 Å². The van der Waals surface area contributed by atoms with Crippen molar-refractivity contribution in [3.8, 4) is 0 Å². The normalized spacial score (nSPS) is 31.0. The molecule has 0 spiro atoms. The molecule has 110 valence electrons. The Morgan fingerprint density at radius 3 is 2.45 bits per heavy atom. The summed E-state index contributed by atoms with van der Waals surface area (Å²) in [6.45, 7) is 9.60. The summed E-state index contributed by atoms with van der Waals surface area (Å²) in [6, 6.07) is 10.4. The van der Waals surface area contributed by atoms with E-state index in [1.165, 1.54) is 32.1 Å². The van der Waals surface area contributed by atoms with Gasteiger partial charge in [-0.05, 0) is 54.1 Å². The van der Waals surface area contributed by atoms with Crippen LogP contribution in [0.4, 0.5) is 0 Å². The first-order chi connectivity index (χ1) is 9.37. The maximum atomic E-state index is 3.97. The standard InChI is InChI=1S/C19H29N/c1-18(2)11-9-14(13-18)20-17-10-12-19(3,4)16-8-6-5-7-15(16)17/h5-8,14,17,20H,9-13H2,1-4H3. The molecule has 0 aliphatic heterocycles. The van der Waals surface area contributed by atoms with Crippen LogP contribution in [0.1, 0.15) is 77.0 Å². The van der Waals surface area contributed by atoms with Crippen LogP contribution in [0.3, 0.4) is 0 Å². The molecule has 2 atom stereocenters. The predicted octanol–water partition coefficient (Wildman–Crippen LogP) is 4.97. The fourth-order valence-electron chi connectivity index (χ4n) is 4.25. The van der Waals surface area contributed by atoms with Gasteiger partial charge >= 0.3 is 0 Å². The Labute approximate surface area is 124 Å². The molecule has 1 aromatic rings. The molecule has 2 unspecified atom stereocenters. The zero-order chi connectivity index (χ0) is 14.4. The molecule has 1 fully saturated rings. The number of fused-ring (bicyclic) bond motifs is 1. The van der Waals surface area contributed by atoms with Gasteiger partial charge in [-0.25, -0.2) is 0 Å². The lowest BCUT2D eigenvalue weighted by molar-refractivity contribution is 0.315. The number of hydrogen-bond donors (Lipinski definition) is 1. The third kappa shape index (κ3) is 2.65. The first kappa shape index (κ1) is 14.1. The number of benzene rings is 1. The maximum absolute atomic E-state index is 3.97. The van der Waals surface area contributed by atoms with Gasteiger partial charge in [0.15, 0.2) is 0 Å². The average molecular weight is 271 g/mol. The van der Waals surface area contributed by atoms with Gasteiger partial charge in [0.1, 0.15) is 0 Å². The summed E-state index contributed by atoms with van der Waals surface area (Å²) in [5.74, 6) is 0. The molecule has 0 heterocycles. The minimum Gasteiger partial charge on any atom is -0.307 e. The highest BCUT2D eigenvalue weighted by molar-refractivity contribution is 5.38. The third-order valence-corrected chi connectivity index (χ3v) is 5.53. The molecule has 0 bridgehead atoms. The largest absolute Gasteiger partial charge is 0.307 e. The van der Waals surface area contributed by atoms with E-state index in [1.54, 1.807) is 11.1 Å². The molecule has 1 saturated carbocycles. The second kappa shape index (κ2) is 4.87. The second-order valence-electron chi connectivity index (χ2n) is 8.33. The summed E-state index contributed by atoms with van der Waals surface area (Å²) in [6.07, 6.45) is 6.60. The Balaban J connectivity index is 1.79. The van der Waals surface area contributed by atoms with Crippen LogP contribution in [-0.2, 0) is 5.41 Å². The van der Waals surface area contributed by atoms with Gasteiger partial charge in [-0.1, -0.05) is 52.0 Å². The van der Waals surface area contributed by atoms with E-state index in [4.69, 9.17) is 0 Å². The lowest BCUT2D eigenvalue weighted by Gasteiger charge is -2.38. The van der Waals surface area contributed by atoms with Crippen molar-refractivity contribution in [2.24, 2.45) is 5.41 Å². The number of nitrogens with one attached hydrogen (secondary N) is 1. The minimum absolute atomic E-state index is 0.337. The van der Waals surface area contributed by atoms with Crippen LogP contribution in [0.5, 0.6) is 0 Å². The maximum Gasteiger partial charge on any atom is 0.0325 e. The van der Waals surface area contributed by atoms with E-state index in [0.717, 1.165) is 0 Å². The van der Waals surface area contributed by atoms with E-state index in [2.05, 4.69) is 57.3 Å². The molecular weight excluding hydrogens is 242 g/mol. The van der Waals surface area contributed by atoms with Crippen molar-refractivity contribution in [3.05, 3.63) is 35.4 Å². The van der Waals surface area contributed by atoms with Crippen LogP contribution in [0.15, 0.2) is 24.3 Å². The molecule has 2 aliphatic carbocycles. The van der Waals surface area contributed by atoms with Crippen LogP contribution < -0.4 is 5.32 Å². The van der Waals surface area contributed by atoms with Crippen molar-refractivity contribution in [3.63, 3.8) is 0 Å². The van der Waals surface area contributed by atoms with Gasteiger partial charge in [-0.15, -0.1) is 0 Å². The summed E-state index contributed by atoms with van der Waals surface area (Å²) >= 11 is 0. The molecule has 20 heavy (non-hydrogen) atoms. The fourth-order valence-corrected chi connectivity index (χ4v) is 4.25. The summed E-state index contributed by atoms with van der Waals surface area (Å²) in [4.78, 5) is 0. The van der Waals surface area contributed by atoms with Gasteiger partial charge in [-0.2, -0.15) is 0 Å². The first-order valence-electron chi connectivity index (χ1n) is 8.23. The summed E-state index contributed by atoms with van der Waals surface area (Å²) in [7, 11) is 0. The first-order valence-corrected chi connectivity index (χ1v) is 8.23. The van der Waals surface area contributed by atoms with E-state index in [1.807, 2.05) is 0 Å². The van der Waals surface area contributed by atoms with Crippen LogP contribution in [-0.4, -0.2) is 6.04 Å². The molecule has 0 saturated heterocycles. The Morgan fingerprint density at radius 1 is 1.00 bits per heavy atom. The Hall–Kier alpha value is -0.820. The van der Waals surface area contributed by atoms with Gasteiger partial charge in [0.05, 0.1) is 0 Å². The summed E-state index contributed by atoms with van der Waals surface area (Å²) in [5, 5.41) is 3.97. The van der Waals surface area contributed by atoms with E-state index in [9.17, 15) is 0 Å². The van der Waals surface area contributed by atoms with Gasteiger partial charge in [0, 0.05) is 12.1 Å². The molecule has 0 amide bonds. The van der Waals surface area contributed by atoms with E-state index < -0.39 is 0 Å². The van der Waals surface area contributed by atoms with Crippen LogP contribution in [0.2, 0.25) is 0 Å². The Kier molecular flexibility index (Phi) is 3.44. The number of rotatable bonds is 2. The van der Waals surface area contributed by atoms with E-state index in [-0.39, 0.29) is 0 Å². The highest BCUT2D eigenvalue weighted by Crippen LogP contribution is 2.43. The highest BCUT2D eigenvalue weighted by atomic mass is 15.0. The van der Waals surface area contributed by atoms with Crippen LogP contribution in [0.25, 0.3) is 0 Å². The third-order valence-electron chi connectivity index (χ3n) is 5.53. The lowest BCUT2D eigenvalue weighted by atomic mass is 9.71. The van der Waals surface area contributed by atoms with Gasteiger partial charge in [0.25, 0.3) is 0 Å². The predicted molar refractivity (Wildman–Crippen MR) is 86.0 cm³/mol. The van der Waals surface area contributed by atoms with Crippen molar-refractivity contribution >= 4 is 0 Å². The van der Waals surface area contributed by atoms with Crippen LogP contribution >= 0.6 is 0 Å². The zero-order valence-corrected chi connectivity index (χ0v) is 13.5. The Morgan fingerprint density at radius 2 is 1.75 bits per heavy atom. The van der Waals surface area contributed by atoms with E-state index in [0.29, 0.717) is 22.9 Å². The average Bonchev–Trinajstić information content (AvgIpc) is 2.73. The number of hydrogen-bond acceptors (Lipinski definition) is 1. The zero-order valence-electron chi connectivity index (χ0n) is 13.5. The molecule has 1 N–H and O–H groups in total. The molecule has 1 aromatic carbocycles. The monoisotopic (exact) mass is 271 g/mol. The molecule has 0 radical (unpaired) electrons. The highest BCUT2D eigenvalue weighted by Gasteiger charge is 2.36. The second-order valence-corrected chi connectivity index (χ2v) is 8.33. The Bertz CT molecular complexity index is 486. The minimum atomic E-state index is 0.337. The van der Waals surface area contributed by atoms with Crippen molar-refractivity contribution in [1.29, 1.82) is 0 Å². The van der Waals surface area contributed by atoms with Gasteiger partial charge in [0.2, 0.25) is 0 Å². The van der Waals surface area contributed by atoms with Crippen LogP contribution in [0, 0.1) is 5.41 Å². The molecule has 2 aliphatic rings. The topological polar surface area (TPSA) is 12.0 Å². The van der Waals surface area contributed by atoms with Crippen molar-refractivity contribution in [1.82, 2.24) is 5.32 Å². The lowest BCUT2D eigenvalue weighted by Crippen LogP contribution is -2.37.